The summed E-state index contributed by atoms with van der Waals surface area (Å²) in [6, 6.07) is 2.63. The van der Waals surface area contributed by atoms with Crippen molar-refractivity contribution in [3.63, 3.8) is 0 Å². The summed E-state index contributed by atoms with van der Waals surface area (Å²) < 4.78 is 131. The molecule has 212 valence electrons. The number of benzene rings is 3. The van der Waals surface area contributed by atoms with Gasteiger partial charge in [0.1, 0.15) is 34.6 Å². The maximum atomic E-state index is 14.7. The van der Waals surface area contributed by atoms with Crippen molar-refractivity contribution in [2.45, 2.75) is 32.3 Å². The molecule has 41 heavy (non-hydrogen) atoms. The summed E-state index contributed by atoms with van der Waals surface area (Å²) in [5, 5.41) is 0. The van der Waals surface area contributed by atoms with Gasteiger partial charge in [-0.3, -0.25) is 0 Å². The fourth-order valence-corrected chi connectivity index (χ4v) is 3.68. The molecule has 0 saturated heterocycles. The zero-order valence-corrected chi connectivity index (χ0v) is 20.9. The second-order valence-corrected chi connectivity index (χ2v) is 8.72. The Kier molecular flexibility index (Phi) is 8.56. The largest absolute Gasteiger partial charge is 0.432 e. The van der Waals surface area contributed by atoms with Crippen molar-refractivity contribution >= 4 is 0 Å². The summed E-state index contributed by atoms with van der Waals surface area (Å²) in [5.41, 5.74) is -2.43. The van der Waals surface area contributed by atoms with E-state index in [4.69, 9.17) is 0 Å². The number of hydrogen-bond acceptors (Lipinski definition) is 3. The van der Waals surface area contributed by atoms with Crippen LogP contribution in [0.1, 0.15) is 42.0 Å². The van der Waals surface area contributed by atoms with Crippen LogP contribution in [-0.4, -0.2) is 9.97 Å². The molecule has 0 unspecified atom stereocenters. The number of rotatable bonds is 7. The van der Waals surface area contributed by atoms with Crippen LogP contribution in [0.2, 0.25) is 0 Å². The highest BCUT2D eigenvalue weighted by Crippen LogP contribution is 2.36. The number of aryl methyl sites for hydroxylation is 1. The molecule has 0 saturated carbocycles. The van der Waals surface area contributed by atoms with Gasteiger partial charge in [0.25, 0.3) is 0 Å². The van der Waals surface area contributed by atoms with Crippen LogP contribution in [0.5, 0.6) is 5.75 Å². The van der Waals surface area contributed by atoms with Gasteiger partial charge in [-0.1, -0.05) is 25.2 Å². The molecule has 1 aromatic heterocycles. The summed E-state index contributed by atoms with van der Waals surface area (Å²) in [6.07, 6.45) is 0.909. The summed E-state index contributed by atoms with van der Waals surface area (Å²) in [5.74, 6) is -8.80. The molecule has 4 aromatic rings. The molecule has 0 atom stereocenters. The quantitative estimate of drug-likeness (QED) is 0.126. The Morgan fingerprint density at radius 1 is 0.732 bits per heavy atom. The van der Waals surface area contributed by atoms with Crippen molar-refractivity contribution in [3.8, 4) is 29.0 Å². The van der Waals surface area contributed by atoms with Gasteiger partial charge in [-0.25, -0.2) is 40.7 Å². The fraction of sp³-hybridized carbons (Fsp3) is 0.172. The second kappa shape index (κ2) is 11.9. The van der Waals surface area contributed by atoms with Gasteiger partial charge < -0.3 is 4.74 Å². The third-order valence-corrected chi connectivity index (χ3v) is 5.69. The second-order valence-electron chi connectivity index (χ2n) is 8.72. The molecule has 0 fully saturated rings. The minimum atomic E-state index is -4.80. The predicted molar refractivity (Wildman–Crippen MR) is 129 cm³/mol. The topological polar surface area (TPSA) is 35.0 Å². The minimum absolute atomic E-state index is 0.0113. The number of halogens is 9. The first-order chi connectivity index (χ1) is 19.4. The van der Waals surface area contributed by atoms with Crippen LogP contribution in [0.15, 0.2) is 48.8 Å². The molecule has 0 radical (unpaired) electrons. The average molecular weight is 580 g/mol. The SMILES string of the molecule is CCCCc1cnc(-c2cc(F)c(C#Cc3cc(F)c(C(F)(F)Oc4cc(F)c(F)c(F)c4)c(F)c3)c(F)c2)nc1. The van der Waals surface area contributed by atoms with Crippen LogP contribution in [0, 0.1) is 52.6 Å². The summed E-state index contributed by atoms with van der Waals surface area (Å²) >= 11 is 0. The fourth-order valence-electron chi connectivity index (χ4n) is 3.68. The molecule has 0 bridgehead atoms. The molecule has 0 N–H and O–H groups in total. The van der Waals surface area contributed by atoms with Gasteiger partial charge in [-0.05, 0) is 42.7 Å². The maximum absolute atomic E-state index is 14.7. The van der Waals surface area contributed by atoms with E-state index in [9.17, 15) is 39.5 Å². The smallest absolute Gasteiger partial charge is 0.429 e. The monoisotopic (exact) mass is 580 g/mol. The number of unbranched alkanes of at least 4 members (excludes halogenated alkanes) is 1. The normalized spacial score (nSPS) is 11.3. The standard InChI is InChI=1S/C29H17F9N2O/c1-2-3-4-16-13-39-28(40-14-16)17-9-20(30)19(21(31)10-17)6-5-15-7-22(32)26(23(33)8-15)29(37,38)41-18-11-24(34)27(36)25(35)12-18/h7-14H,2-4H2,1H3. The van der Waals surface area contributed by atoms with Crippen molar-refractivity contribution < 1.29 is 44.3 Å². The third kappa shape index (κ3) is 6.62. The van der Waals surface area contributed by atoms with E-state index in [1.807, 2.05) is 6.92 Å². The van der Waals surface area contributed by atoms with Gasteiger partial charge in [0.15, 0.2) is 23.3 Å². The van der Waals surface area contributed by atoms with Gasteiger partial charge in [0.2, 0.25) is 0 Å². The molecule has 1 heterocycles. The van der Waals surface area contributed by atoms with Crippen molar-refractivity contribution in [1.82, 2.24) is 9.97 Å². The van der Waals surface area contributed by atoms with Crippen LogP contribution < -0.4 is 4.74 Å². The average Bonchev–Trinajstić information content (AvgIpc) is 2.89. The van der Waals surface area contributed by atoms with Crippen molar-refractivity contribution in [3.05, 3.63) is 112 Å². The van der Waals surface area contributed by atoms with E-state index in [0.717, 1.165) is 37.0 Å². The van der Waals surface area contributed by atoms with E-state index in [0.29, 0.717) is 12.1 Å². The summed E-state index contributed by atoms with van der Waals surface area (Å²) in [7, 11) is 0. The van der Waals surface area contributed by atoms with Crippen molar-refractivity contribution in [2.75, 3.05) is 0 Å². The molecule has 4 rings (SSSR count). The highest BCUT2D eigenvalue weighted by molar-refractivity contribution is 5.58. The lowest BCUT2D eigenvalue weighted by molar-refractivity contribution is -0.189. The Morgan fingerprint density at radius 2 is 1.29 bits per heavy atom. The van der Waals surface area contributed by atoms with E-state index in [2.05, 4.69) is 26.5 Å². The number of aromatic nitrogens is 2. The lowest BCUT2D eigenvalue weighted by Gasteiger charge is -2.19. The Morgan fingerprint density at radius 3 is 1.83 bits per heavy atom. The number of ether oxygens (including phenoxy) is 1. The lowest BCUT2D eigenvalue weighted by Crippen LogP contribution is -2.25. The molecule has 0 amide bonds. The van der Waals surface area contributed by atoms with Gasteiger partial charge in [0, 0.05) is 35.7 Å². The molecular weight excluding hydrogens is 563 g/mol. The van der Waals surface area contributed by atoms with E-state index >= 15 is 0 Å². The van der Waals surface area contributed by atoms with Crippen LogP contribution >= 0.6 is 0 Å². The minimum Gasteiger partial charge on any atom is -0.429 e. The van der Waals surface area contributed by atoms with Crippen LogP contribution in [-0.2, 0) is 12.5 Å². The number of hydrogen-bond donors (Lipinski definition) is 0. The van der Waals surface area contributed by atoms with Gasteiger partial charge in [0.05, 0.1) is 5.56 Å². The Labute approximate surface area is 227 Å². The zero-order valence-electron chi connectivity index (χ0n) is 20.9. The molecule has 0 aliphatic carbocycles. The van der Waals surface area contributed by atoms with E-state index in [1.54, 1.807) is 12.4 Å². The van der Waals surface area contributed by atoms with Crippen LogP contribution in [0.25, 0.3) is 11.4 Å². The lowest BCUT2D eigenvalue weighted by atomic mass is 10.1. The first-order valence-electron chi connectivity index (χ1n) is 11.9. The molecule has 0 aliphatic rings. The van der Waals surface area contributed by atoms with E-state index in [-0.39, 0.29) is 23.5 Å². The molecule has 12 heteroatoms. The van der Waals surface area contributed by atoms with Crippen LogP contribution in [0.3, 0.4) is 0 Å². The maximum Gasteiger partial charge on any atom is 0.432 e. The third-order valence-electron chi connectivity index (χ3n) is 5.69. The number of alkyl halides is 2. The highest BCUT2D eigenvalue weighted by Gasteiger charge is 2.41. The summed E-state index contributed by atoms with van der Waals surface area (Å²) in [6.45, 7) is 2.02. The molecule has 0 aliphatic heterocycles. The molecular formula is C29H17F9N2O. The predicted octanol–water partition coefficient (Wildman–Crippen LogP) is 7.99. The van der Waals surface area contributed by atoms with Crippen molar-refractivity contribution in [1.29, 1.82) is 0 Å². The molecule has 0 spiro atoms. The summed E-state index contributed by atoms with van der Waals surface area (Å²) in [4.78, 5) is 8.21. The van der Waals surface area contributed by atoms with Crippen LogP contribution in [0.4, 0.5) is 39.5 Å². The first-order valence-corrected chi connectivity index (χ1v) is 11.9. The van der Waals surface area contributed by atoms with E-state index in [1.165, 1.54) is 0 Å². The number of nitrogens with zero attached hydrogens (tertiary/aromatic N) is 2. The Hall–Kier alpha value is -4.53. The molecule has 3 aromatic carbocycles. The van der Waals surface area contributed by atoms with Gasteiger partial charge in [-0.2, -0.15) is 8.78 Å². The Balaban J connectivity index is 1.58. The van der Waals surface area contributed by atoms with Gasteiger partial charge in [-0.15, -0.1) is 0 Å². The van der Waals surface area contributed by atoms with Crippen molar-refractivity contribution in [2.24, 2.45) is 0 Å². The van der Waals surface area contributed by atoms with E-state index < -0.39 is 69.3 Å². The molecule has 3 nitrogen and oxygen atoms in total. The first kappa shape index (κ1) is 29.5. The highest BCUT2D eigenvalue weighted by atomic mass is 19.3. The zero-order chi connectivity index (χ0) is 29.9. The van der Waals surface area contributed by atoms with Gasteiger partial charge >= 0.3 is 6.11 Å². The Bertz CT molecular complexity index is 1590.